The molecule has 1 atom stereocenters. The molecule has 7 nitrogen and oxygen atoms in total. The van der Waals surface area contributed by atoms with Gasteiger partial charge in [0.2, 0.25) is 0 Å². The number of anilines is 2. The molecule has 1 unspecified atom stereocenters. The molecule has 1 spiro atoms. The lowest BCUT2D eigenvalue weighted by Gasteiger charge is -2.41. The zero-order valence-electron chi connectivity index (χ0n) is 18.5. The summed E-state index contributed by atoms with van der Waals surface area (Å²) in [6, 6.07) is 18.3. The molecule has 2 aromatic carbocycles. The number of ether oxygens (including phenoxy) is 2. The monoisotopic (exact) mass is 495 g/mol. The van der Waals surface area contributed by atoms with Crippen LogP contribution in [0.4, 0.5) is 15.6 Å². The van der Waals surface area contributed by atoms with E-state index >= 15 is 0 Å². The minimum atomic E-state index is -0.671. The Morgan fingerprint density at radius 1 is 1.09 bits per heavy atom. The average molecular weight is 496 g/mol. The molecule has 0 N–H and O–H groups in total. The Bertz CT molecular complexity index is 1110. The molecule has 0 radical (unpaired) electrons. The third-order valence-corrected chi connectivity index (χ3v) is 8.45. The van der Waals surface area contributed by atoms with Crippen LogP contribution >= 0.6 is 23.1 Å². The second-order valence-corrected chi connectivity index (χ2v) is 10.4. The summed E-state index contributed by atoms with van der Waals surface area (Å²) in [6.45, 7) is 1.25. The number of rotatable bonds is 5. The maximum atomic E-state index is 14.1. The van der Waals surface area contributed by atoms with Crippen molar-refractivity contribution < 1.29 is 19.1 Å². The van der Waals surface area contributed by atoms with Gasteiger partial charge in [-0.15, -0.1) is 23.1 Å². The summed E-state index contributed by atoms with van der Waals surface area (Å²) in [4.78, 5) is 34.7. The number of hydrogen-bond donors (Lipinski definition) is 0. The quantitative estimate of drug-likeness (QED) is 0.492. The standard InChI is InChI=1S/C25H25N3O4S2/c29-22(27(23-26-13-16-33-23)20-9-5-2-6-10-20)21-18-34-25(11-14-31-15-12-25)28(21)24(30)32-17-19-7-3-1-4-8-19/h1-10,13,16,21H,11-12,14-15,17-18H2. The minimum absolute atomic E-state index is 0.156. The third-order valence-electron chi connectivity index (χ3n) is 6.07. The van der Waals surface area contributed by atoms with Crippen LogP contribution in [-0.2, 0) is 20.9 Å². The van der Waals surface area contributed by atoms with E-state index in [2.05, 4.69) is 4.98 Å². The molecule has 2 saturated heterocycles. The van der Waals surface area contributed by atoms with E-state index in [1.165, 1.54) is 11.3 Å². The van der Waals surface area contributed by atoms with Gasteiger partial charge >= 0.3 is 6.09 Å². The van der Waals surface area contributed by atoms with E-state index in [4.69, 9.17) is 9.47 Å². The number of nitrogens with zero attached hydrogens (tertiary/aromatic N) is 3. The van der Waals surface area contributed by atoms with E-state index in [0.29, 0.717) is 36.9 Å². The highest BCUT2D eigenvalue weighted by atomic mass is 32.2. The number of hydrogen-bond acceptors (Lipinski definition) is 7. The fraction of sp³-hybridized carbons (Fsp3) is 0.320. The molecule has 3 aromatic rings. The van der Waals surface area contributed by atoms with Gasteiger partial charge in [0.05, 0.1) is 10.6 Å². The predicted molar refractivity (Wildman–Crippen MR) is 133 cm³/mol. The Morgan fingerprint density at radius 2 is 1.79 bits per heavy atom. The van der Waals surface area contributed by atoms with Crippen molar-refractivity contribution in [1.29, 1.82) is 0 Å². The van der Waals surface area contributed by atoms with Gasteiger partial charge in [0.1, 0.15) is 12.6 Å². The van der Waals surface area contributed by atoms with Crippen LogP contribution in [0.5, 0.6) is 0 Å². The Labute approximate surface area is 206 Å². The molecule has 9 heteroatoms. The number of thioether (sulfide) groups is 1. The molecule has 0 aliphatic carbocycles. The van der Waals surface area contributed by atoms with Crippen molar-refractivity contribution >= 4 is 45.9 Å². The number of thiazole rings is 1. The van der Waals surface area contributed by atoms with E-state index < -0.39 is 17.0 Å². The first-order valence-electron chi connectivity index (χ1n) is 11.2. The molecule has 2 amide bonds. The van der Waals surface area contributed by atoms with Gasteiger partial charge < -0.3 is 9.47 Å². The van der Waals surface area contributed by atoms with Crippen molar-refractivity contribution in [2.45, 2.75) is 30.4 Å². The van der Waals surface area contributed by atoms with E-state index in [1.807, 2.05) is 66.0 Å². The number of carbonyl (C=O) groups excluding carboxylic acids is 2. The lowest BCUT2D eigenvalue weighted by atomic mass is 10.0. The van der Waals surface area contributed by atoms with Crippen LogP contribution in [0.15, 0.2) is 72.2 Å². The summed E-state index contributed by atoms with van der Waals surface area (Å²) in [6.07, 6.45) is 2.52. The summed E-state index contributed by atoms with van der Waals surface area (Å²) >= 11 is 3.04. The summed E-state index contributed by atoms with van der Waals surface area (Å²) in [5.41, 5.74) is 1.62. The van der Waals surface area contributed by atoms with Gasteiger partial charge in [0.15, 0.2) is 5.13 Å². The molecular formula is C25H25N3O4S2. The van der Waals surface area contributed by atoms with Crippen molar-refractivity contribution in [3.8, 4) is 0 Å². The van der Waals surface area contributed by atoms with Crippen molar-refractivity contribution in [3.63, 3.8) is 0 Å². The molecule has 0 bridgehead atoms. The van der Waals surface area contributed by atoms with Gasteiger partial charge in [-0.3, -0.25) is 14.6 Å². The Balaban J connectivity index is 1.45. The van der Waals surface area contributed by atoms with Crippen molar-refractivity contribution in [2.75, 3.05) is 23.9 Å². The number of amides is 2. The van der Waals surface area contributed by atoms with Crippen LogP contribution in [0.2, 0.25) is 0 Å². The molecule has 2 aliphatic rings. The van der Waals surface area contributed by atoms with Crippen LogP contribution in [0, 0.1) is 0 Å². The summed E-state index contributed by atoms with van der Waals surface area (Å²) < 4.78 is 11.3. The fourth-order valence-corrected chi connectivity index (χ4v) is 6.61. The maximum Gasteiger partial charge on any atom is 0.411 e. The van der Waals surface area contributed by atoms with Gasteiger partial charge in [0, 0.05) is 43.4 Å². The lowest BCUT2D eigenvalue weighted by Crippen LogP contribution is -2.56. The Kier molecular flexibility index (Phi) is 6.85. The number of para-hydroxylation sites is 1. The van der Waals surface area contributed by atoms with E-state index in [9.17, 15) is 9.59 Å². The Hall–Kier alpha value is -2.88. The maximum absolute atomic E-state index is 14.1. The van der Waals surface area contributed by atoms with E-state index in [0.717, 1.165) is 11.3 Å². The highest BCUT2D eigenvalue weighted by Crippen LogP contribution is 2.47. The average Bonchev–Trinajstić information content (AvgIpc) is 3.53. The van der Waals surface area contributed by atoms with Crippen molar-refractivity contribution in [1.82, 2.24) is 9.88 Å². The first kappa shape index (κ1) is 22.9. The van der Waals surface area contributed by atoms with Gasteiger partial charge in [-0.25, -0.2) is 9.78 Å². The second kappa shape index (κ2) is 10.2. The second-order valence-electron chi connectivity index (χ2n) is 8.12. The molecule has 2 aliphatic heterocycles. The first-order chi connectivity index (χ1) is 16.7. The summed E-state index contributed by atoms with van der Waals surface area (Å²) in [5.74, 6) is 0.308. The number of aromatic nitrogens is 1. The highest BCUT2D eigenvalue weighted by molar-refractivity contribution is 8.01. The van der Waals surface area contributed by atoms with E-state index in [1.54, 1.807) is 27.8 Å². The number of benzene rings is 2. The molecule has 2 fully saturated rings. The summed E-state index contributed by atoms with van der Waals surface area (Å²) in [5, 5.41) is 2.42. The zero-order chi connectivity index (χ0) is 23.4. The van der Waals surface area contributed by atoms with Crippen LogP contribution in [0.3, 0.4) is 0 Å². The zero-order valence-corrected chi connectivity index (χ0v) is 20.2. The van der Waals surface area contributed by atoms with Crippen LogP contribution in [0.25, 0.3) is 0 Å². The minimum Gasteiger partial charge on any atom is -0.444 e. The number of carbonyl (C=O) groups is 2. The molecular weight excluding hydrogens is 470 g/mol. The molecule has 34 heavy (non-hydrogen) atoms. The predicted octanol–water partition coefficient (Wildman–Crippen LogP) is 5.07. The van der Waals surface area contributed by atoms with Crippen LogP contribution in [0.1, 0.15) is 18.4 Å². The topological polar surface area (TPSA) is 72.0 Å². The molecule has 1 aromatic heterocycles. The van der Waals surface area contributed by atoms with Crippen LogP contribution < -0.4 is 4.90 Å². The van der Waals surface area contributed by atoms with Crippen molar-refractivity contribution in [2.24, 2.45) is 0 Å². The van der Waals surface area contributed by atoms with Gasteiger partial charge in [-0.1, -0.05) is 48.5 Å². The summed E-state index contributed by atoms with van der Waals surface area (Å²) in [7, 11) is 0. The van der Waals surface area contributed by atoms with Gasteiger partial charge in [-0.2, -0.15) is 0 Å². The fourth-order valence-electron chi connectivity index (χ4n) is 4.39. The molecule has 3 heterocycles. The molecule has 176 valence electrons. The van der Waals surface area contributed by atoms with Crippen molar-refractivity contribution in [3.05, 3.63) is 77.8 Å². The van der Waals surface area contributed by atoms with Gasteiger partial charge in [-0.05, 0) is 17.7 Å². The first-order valence-corrected chi connectivity index (χ1v) is 13.0. The third kappa shape index (κ3) is 4.55. The molecule has 5 rings (SSSR count). The molecule has 0 saturated carbocycles. The highest BCUT2D eigenvalue weighted by Gasteiger charge is 2.54. The normalized spacial score (nSPS) is 19.2. The van der Waals surface area contributed by atoms with Crippen LogP contribution in [-0.4, -0.2) is 51.8 Å². The lowest BCUT2D eigenvalue weighted by molar-refractivity contribution is -0.123. The Morgan fingerprint density at radius 3 is 2.47 bits per heavy atom. The van der Waals surface area contributed by atoms with E-state index in [-0.39, 0.29) is 12.5 Å². The van der Waals surface area contributed by atoms with Gasteiger partial charge in [0.25, 0.3) is 5.91 Å². The largest absolute Gasteiger partial charge is 0.444 e. The SMILES string of the molecule is O=C(C1CSC2(CCOCC2)N1C(=O)OCc1ccccc1)N(c1ccccc1)c1nccs1. The smallest absolute Gasteiger partial charge is 0.411 e.